The Bertz CT molecular complexity index is 2960. The van der Waals surface area contributed by atoms with Gasteiger partial charge in [-0.2, -0.15) is 46.9 Å². The first kappa shape index (κ1) is 47.4. The first-order chi connectivity index (χ1) is 32.3. The van der Waals surface area contributed by atoms with Crippen LogP contribution in [0.1, 0.15) is 63.2 Å². The summed E-state index contributed by atoms with van der Waals surface area (Å²) in [5.74, 6) is -0.429. The molecule has 2 fully saturated rings. The zero-order chi connectivity index (χ0) is 48.5. The number of nitrogens with zero attached hydrogens (tertiary/aromatic N) is 7. The number of amides is 3. The molecule has 1 aliphatic heterocycles. The molecule has 354 valence electrons. The molecule has 3 amide bonds. The summed E-state index contributed by atoms with van der Waals surface area (Å²) in [6, 6.07) is 15.9. The summed E-state index contributed by atoms with van der Waals surface area (Å²) in [6.45, 7) is 4.35. The van der Waals surface area contributed by atoms with Crippen LogP contribution in [0, 0.1) is 23.6 Å². The number of nitrogens with one attached hydrogen (secondary N) is 3. The molecular formula is C46H41F7N10O4S. The Morgan fingerprint density at radius 1 is 0.838 bits per heavy atom. The van der Waals surface area contributed by atoms with Crippen molar-refractivity contribution in [3.8, 4) is 5.69 Å². The predicted octanol–water partition coefficient (Wildman–Crippen LogP) is 8.97. The molecule has 9 rings (SSSR count). The monoisotopic (exact) mass is 962 g/mol. The van der Waals surface area contributed by atoms with Crippen molar-refractivity contribution < 1.29 is 49.9 Å². The maximum Gasteiger partial charge on any atom is 0.416 e. The molecule has 5 heterocycles. The molecule has 0 bridgehead atoms. The number of aromatic nitrogens is 7. The summed E-state index contributed by atoms with van der Waals surface area (Å²) >= 11 is 1.56. The lowest BCUT2D eigenvalue weighted by molar-refractivity contribution is -0.143. The first-order valence-electron chi connectivity index (χ1n) is 21.0. The minimum absolute atomic E-state index is 0.0188. The number of likely N-dealkylation sites (tertiary alicyclic amines) is 1. The normalized spacial score (nSPS) is 17.5. The third kappa shape index (κ3) is 10.2. The quantitative estimate of drug-likeness (QED) is 0.0839. The molecule has 14 nitrogen and oxygen atoms in total. The number of piperidine rings is 1. The zero-order valence-electron chi connectivity index (χ0n) is 36.3. The van der Waals surface area contributed by atoms with Gasteiger partial charge in [0.1, 0.15) is 23.5 Å². The van der Waals surface area contributed by atoms with Crippen molar-refractivity contribution in [1.82, 2.24) is 50.7 Å². The van der Waals surface area contributed by atoms with Gasteiger partial charge in [-0.15, -0.1) is 11.8 Å². The molecule has 3 atom stereocenters. The van der Waals surface area contributed by atoms with Gasteiger partial charge in [-0.25, -0.2) is 18.9 Å². The number of ether oxygens (including phenoxy) is 1. The minimum atomic E-state index is -4.98. The van der Waals surface area contributed by atoms with E-state index in [1.165, 1.54) is 17.0 Å². The molecule has 1 saturated heterocycles. The standard InChI is InChI=1S/C23H19F6N5O3.C23H22FN5OS/c24-22(25,26)13-3-11(4-14(6-13)23(27,28)29)10-37-21(36)34-8-16-15(17(16)9-34)7-30-20(35)12-1-2-18-19(5-12)32-33-31-18;1-4-23(2,15-9-10-26-21(11-15)31-3)28-22(30)19-12-25-14-20-18(19)13-27-29(20)17-7-5-16(24)6-8-17/h1-6,15-17H,7-10H2,(H,30,35)(H,31,32,33);5-14H,4H2,1-3H3,(H,28,30). The van der Waals surface area contributed by atoms with E-state index in [0.717, 1.165) is 10.6 Å². The maximum atomic E-state index is 13.3. The second kappa shape index (κ2) is 18.9. The number of carbonyl (C=O) groups is 3. The summed E-state index contributed by atoms with van der Waals surface area (Å²) in [5, 5.41) is 22.3. The van der Waals surface area contributed by atoms with E-state index in [9.17, 15) is 45.1 Å². The lowest BCUT2D eigenvalue weighted by Crippen LogP contribution is -2.43. The fourth-order valence-electron chi connectivity index (χ4n) is 8.19. The number of aromatic amines is 1. The van der Waals surface area contributed by atoms with Crippen LogP contribution in [0.3, 0.4) is 0 Å². The van der Waals surface area contributed by atoms with Gasteiger partial charge in [0.15, 0.2) is 0 Å². The summed E-state index contributed by atoms with van der Waals surface area (Å²) in [5.41, 5.74) is 0.489. The van der Waals surface area contributed by atoms with Crippen LogP contribution >= 0.6 is 11.8 Å². The predicted molar refractivity (Wildman–Crippen MR) is 235 cm³/mol. The molecule has 7 aromatic rings. The van der Waals surface area contributed by atoms with Crippen molar-refractivity contribution in [2.24, 2.45) is 17.8 Å². The third-order valence-electron chi connectivity index (χ3n) is 12.2. The number of halogens is 7. The van der Waals surface area contributed by atoms with Gasteiger partial charge in [0, 0.05) is 43.0 Å². The minimum Gasteiger partial charge on any atom is -0.445 e. The van der Waals surface area contributed by atoms with Crippen molar-refractivity contribution in [1.29, 1.82) is 0 Å². The van der Waals surface area contributed by atoms with Crippen LogP contribution in [0.5, 0.6) is 0 Å². The Kier molecular flexibility index (Phi) is 13.2. The fourth-order valence-corrected chi connectivity index (χ4v) is 8.60. The Morgan fingerprint density at radius 2 is 1.53 bits per heavy atom. The SMILES string of the molecule is CCC(C)(NC(=O)c1cncc2c1cnn2-c1ccc(F)cc1)c1ccnc(SC)c1.O=C(NCC1C2CN(C(=O)OCc3cc(C(F)(F)F)cc(C(F)(F)F)c3)CC12)c1ccc2n[nH]nc2c1. The number of alkyl halides is 6. The van der Waals surface area contributed by atoms with E-state index >= 15 is 0 Å². The summed E-state index contributed by atoms with van der Waals surface area (Å²) in [4.78, 5) is 48.0. The van der Waals surface area contributed by atoms with Gasteiger partial charge in [0.25, 0.3) is 11.8 Å². The van der Waals surface area contributed by atoms with Gasteiger partial charge in [-0.05, 0) is 121 Å². The third-order valence-corrected chi connectivity index (χ3v) is 12.8. The molecule has 4 aromatic heterocycles. The van der Waals surface area contributed by atoms with Crippen LogP contribution in [0.25, 0.3) is 27.6 Å². The summed E-state index contributed by atoms with van der Waals surface area (Å²) in [7, 11) is 0. The van der Waals surface area contributed by atoms with Crippen LogP contribution in [-0.4, -0.2) is 83.9 Å². The number of rotatable bonds is 11. The van der Waals surface area contributed by atoms with Gasteiger partial charge < -0.3 is 20.3 Å². The largest absolute Gasteiger partial charge is 0.445 e. The first-order valence-corrected chi connectivity index (χ1v) is 22.3. The van der Waals surface area contributed by atoms with Crippen LogP contribution in [0.4, 0.5) is 35.5 Å². The maximum absolute atomic E-state index is 13.3. The molecular weight excluding hydrogens is 922 g/mol. The molecule has 3 N–H and O–H groups in total. The molecule has 3 aromatic carbocycles. The Labute approximate surface area is 387 Å². The van der Waals surface area contributed by atoms with Gasteiger partial charge in [0.2, 0.25) is 0 Å². The van der Waals surface area contributed by atoms with Gasteiger partial charge >= 0.3 is 18.4 Å². The Balaban J connectivity index is 0.000000187. The molecule has 3 unspecified atom stereocenters. The Hall–Kier alpha value is -7.10. The van der Waals surface area contributed by atoms with Crippen LogP contribution in [0.15, 0.2) is 103 Å². The number of pyridine rings is 2. The summed E-state index contributed by atoms with van der Waals surface area (Å²) < 4.78 is 98.0. The van der Waals surface area contributed by atoms with Crippen molar-refractivity contribution in [3.63, 3.8) is 0 Å². The molecule has 0 radical (unpaired) electrons. The van der Waals surface area contributed by atoms with Crippen molar-refractivity contribution >= 4 is 51.6 Å². The highest BCUT2D eigenvalue weighted by Crippen LogP contribution is 2.51. The second-order valence-electron chi connectivity index (χ2n) is 16.5. The molecule has 0 spiro atoms. The highest BCUT2D eigenvalue weighted by Gasteiger charge is 2.56. The van der Waals surface area contributed by atoms with Gasteiger partial charge in [-0.3, -0.25) is 14.6 Å². The second-order valence-corrected chi connectivity index (χ2v) is 17.3. The van der Waals surface area contributed by atoms with E-state index in [1.807, 2.05) is 32.2 Å². The highest BCUT2D eigenvalue weighted by atomic mass is 32.2. The molecule has 68 heavy (non-hydrogen) atoms. The lowest BCUT2D eigenvalue weighted by Gasteiger charge is -2.30. The van der Waals surface area contributed by atoms with E-state index in [2.05, 4.69) is 41.1 Å². The van der Waals surface area contributed by atoms with Gasteiger partial charge in [0.05, 0.1) is 50.9 Å². The van der Waals surface area contributed by atoms with E-state index in [4.69, 9.17) is 4.74 Å². The number of thioether (sulfide) groups is 1. The smallest absolute Gasteiger partial charge is 0.416 e. The van der Waals surface area contributed by atoms with Crippen LogP contribution < -0.4 is 10.6 Å². The number of fused-ring (bicyclic) bond motifs is 3. The number of hydrogen-bond acceptors (Lipinski definition) is 10. The molecule has 22 heteroatoms. The topological polar surface area (TPSA) is 173 Å². The Morgan fingerprint density at radius 3 is 2.19 bits per heavy atom. The average Bonchev–Trinajstić information content (AvgIpc) is 3.78. The molecule has 1 saturated carbocycles. The fraction of sp³-hybridized carbons (Fsp3) is 0.304. The zero-order valence-corrected chi connectivity index (χ0v) is 37.1. The van der Waals surface area contributed by atoms with Gasteiger partial charge in [-0.1, -0.05) is 6.92 Å². The average molecular weight is 963 g/mol. The number of carbonyl (C=O) groups excluding carboxylic acids is 3. The van der Waals surface area contributed by atoms with Crippen molar-refractivity contribution in [3.05, 3.63) is 137 Å². The van der Waals surface area contributed by atoms with E-state index in [-0.39, 0.29) is 41.5 Å². The number of H-pyrrole nitrogens is 1. The lowest BCUT2D eigenvalue weighted by atomic mass is 9.89. The van der Waals surface area contributed by atoms with Crippen LogP contribution in [-0.2, 0) is 29.2 Å². The molecule has 2 aliphatic rings. The highest BCUT2D eigenvalue weighted by molar-refractivity contribution is 7.98. The van der Waals surface area contributed by atoms with Crippen molar-refractivity contribution in [2.45, 2.75) is 49.8 Å². The van der Waals surface area contributed by atoms with E-state index in [1.54, 1.807) is 71.6 Å². The van der Waals surface area contributed by atoms with Crippen molar-refractivity contribution in [2.75, 3.05) is 25.9 Å². The van der Waals surface area contributed by atoms with E-state index in [0.29, 0.717) is 76.9 Å². The van der Waals surface area contributed by atoms with E-state index < -0.39 is 47.3 Å². The molecule has 1 aliphatic carbocycles. The number of hydrogen-bond donors (Lipinski definition) is 3. The van der Waals surface area contributed by atoms with Crippen LogP contribution in [0.2, 0.25) is 0 Å². The summed E-state index contributed by atoms with van der Waals surface area (Å²) in [6.07, 6.45) is -1.52. The number of benzene rings is 3.